The van der Waals surface area contributed by atoms with Crippen LogP contribution < -0.4 is 11.1 Å². The Morgan fingerprint density at radius 2 is 1.94 bits per heavy atom. The van der Waals surface area contributed by atoms with Crippen LogP contribution >= 0.6 is 11.3 Å². The van der Waals surface area contributed by atoms with Gasteiger partial charge in [0.05, 0.1) is 12.1 Å². The Morgan fingerprint density at radius 3 is 2.59 bits per heavy atom. The molecule has 0 fully saturated rings. The third-order valence-electron chi connectivity index (χ3n) is 2.28. The molecule has 2 N–H and O–H groups in total. The predicted octanol–water partition coefficient (Wildman–Crippen LogP) is 0.763. The van der Waals surface area contributed by atoms with Crippen molar-refractivity contribution in [3.05, 3.63) is 31.1 Å². The summed E-state index contributed by atoms with van der Waals surface area (Å²) in [6.45, 7) is 3.68. The van der Waals surface area contributed by atoms with Crippen molar-refractivity contribution in [1.82, 2.24) is 9.97 Å². The molecule has 6 nitrogen and oxygen atoms in total. The van der Waals surface area contributed by atoms with Crippen LogP contribution in [0.5, 0.6) is 0 Å². The van der Waals surface area contributed by atoms with Gasteiger partial charge in [-0.25, -0.2) is 4.79 Å². The highest BCUT2D eigenvalue weighted by Crippen LogP contribution is 2.26. The molecule has 0 aliphatic carbocycles. The molecular weight excluding hydrogens is 244 g/mol. The molecule has 0 spiro atoms. The fraction of sp³-hybridized carbons (Fsp3) is 0.300. The summed E-state index contributed by atoms with van der Waals surface area (Å²) in [5, 5.41) is 0. The molecule has 0 aromatic carbocycles. The maximum Gasteiger partial charge on any atom is 0.348 e. The van der Waals surface area contributed by atoms with Crippen LogP contribution in [-0.4, -0.2) is 22.5 Å². The molecule has 0 saturated carbocycles. The van der Waals surface area contributed by atoms with E-state index in [1.54, 1.807) is 13.8 Å². The van der Waals surface area contributed by atoms with Gasteiger partial charge in [0.2, 0.25) is 0 Å². The Balaban J connectivity index is 2.69. The second-order valence-corrected chi connectivity index (χ2v) is 4.41. The number of esters is 1. The first-order chi connectivity index (χ1) is 8.04. The van der Waals surface area contributed by atoms with Gasteiger partial charge in [0.1, 0.15) is 9.71 Å². The summed E-state index contributed by atoms with van der Waals surface area (Å²) >= 11 is 1.09. The van der Waals surface area contributed by atoms with Crippen molar-refractivity contribution in [2.75, 3.05) is 6.61 Å². The monoisotopic (exact) mass is 254 g/mol. The van der Waals surface area contributed by atoms with Gasteiger partial charge in [0.25, 0.3) is 0 Å². The molecule has 0 unspecified atom stereocenters. The van der Waals surface area contributed by atoms with Crippen LogP contribution in [0.2, 0.25) is 0 Å². The number of nitrogens with one attached hydrogen (secondary N) is 2. The number of rotatable bonds is 2. The molecular formula is C10H10N2O4S. The summed E-state index contributed by atoms with van der Waals surface area (Å²) in [5.74, 6) is -0.451. The number of fused-ring (bicyclic) bond motifs is 1. The Kier molecular flexibility index (Phi) is 2.84. The van der Waals surface area contributed by atoms with Crippen LogP contribution in [0.4, 0.5) is 0 Å². The molecule has 2 heterocycles. The Morgan fingerprint density at radius 1 is 1.29 bits per heavy atom. The first-order valence-electron chi connectivity index (χ1n) is 4.97. The van der Waals surface area contributed by atoms with E-state index in [1.807, 2.05) is 0 Å². The van der Waals surface area contributed by atoms with Crippen molar-refractivity contribution >= 4 is 27.7 Å². The van der Waals surface area contributed by atoms with Crippen molar-refractivity contribution in [3.63, 3.8) is 0 Å². The lowest BCUT2D eigenvalue weighted by molar-refractivity contribution is 0.0531. The number of carbonyl (C=O) groups excluding carboxylic acids is 1. The maximum absolute atomic E-state index is 11.6. The van der Waals surface area contributed by atoms with Crippen molar-refractivity contribution < 1.29 is 9.53 Å². The van der Waals surface area contributed by atoms with Crippen LogP contribution in [0.15, 0.2) is 9.59 Å². The van der Waals surface area contributed by atoms with Crippen LogP contribution in [0.3, 0.4) is 0 Å². The Bertz CT molecular complexity index is 694. The summed E-state index contributed by atoms with van der Waals surface area (Å²) in [6.07, 6.45) is 0. The van der Waals surface area contributed by atoms with Gasteiger partial charge in [-0.3, -0.25) is 9.59 Å². The van der Waals surface area contributed by atoms with E-state index in [4.69, 9.17) is 4.74 Å². The number of H-pyrrole nitrogens is 2. The number of ether oxygens (including phenoxy) is 1. The normalized spacial score (nSPS) is 10.7. The van der Waals surface area contributed by atoms with E-state index in [0.29, 0.717) is 20.8 Å². The molecule has 2 aromatic heterocycles. The number of hydrogen-bond acceptors (Lipinski definition) is 5. The van der Waals surface area contributed by atoms with Gasteiger partial charge in [-0.2, -0.15) is 0 Å². The molecule has 7 heteroatoms. The van der Waals surface area contributed by atoms with E-state index in [0.717, 1.165) is 11.3 Å². The summed E-state index contributed by atoms with van der Waals surface area (Å²) in [7, 11) is 0. The highest BCUT2D eigenvalue weighted by atomic mass is 32.1. The third-order valence-corrected chi connectivity index (χ3v) is 3.47. The van der Waals surface area contributed by atoms with E-state index in [2.05, 4.69) is 9.97 Å². The van der Waals surface area contributed by atoms with Gasteiger partial charge in [0.15, 0.2) is 0 Å². The molecule has 0 aliphatic heterocycles. The van der Waals surface area contributed by atoms with Gasteiger partial charge in [-0.15, -0.1) is 11.3 Å². The lowest BCUT2D eigenvalue weighted by atomic mass is 10.2. The minimum absolute atomic E-state index is 0.277. The average Bonchev–Trinajstić information content (AvgIpc) is 2.58. The van der Waals surface area contributed by atoms with Gasteiger partial charge >= 0.3 is 17.1 Å². The third kappa shape index (κ3) is 1.89. The zero-order valence-electron chi connectivity index (χ0n) is 9.25. The quantitative estimate of drug-likeness (QED) is 0.611. The highest BCUT2D eigenvalue weighted by Gasteiger charge is 2.17. The van der Waals surface area contributed by atoms with Gasteiger partial charge in [0, 0.05) is 5.56 Å². The summed E-state index contributed by atoms with van der Waals surface area (Å²) in [6, 6.07) is 0. The smallest absolute Gasteiger partial charge is 0.348 e. The molecule has 17 heavy (non-hydrogen) atoms. The summed E-state index contributed by atoms with van der Waals surface area (Å²) in [5.41, 5.74) is -0.373. The van der Waals surface area contributed by atoms with Crippen LogP contribution in [0, 0.1) is 6.92 Å². The largest absolute Gasteiger partial charge is 0.462 e. The molecule has 0 radical (unpaired) electrons. The van der Waals surface area contributed by atoms with Gasteiger partial charge in [-0.05, 0) is 13.8 Å². The van der Waals surface area contributed by atoms with E-state index >= 15 is 0 Å². The average molecular weight is 254 g/mol. The fourth-order valence-corrected chi connectivity index (χ4v) is 2.53. The topological polar surface area (TPSA) is 92.0 Å². The molecule has 2 rings (SSSR count). The van der Waals surface area contributed by atoms with Crippen LogP contribution in [0.25, 0.3) is 10.3 Å². The second-order valence-electron chi connectivity index (χ2n) is 3.39. The number of thiophene rings is 1. The lowest BCUT2D eigenvalue weighted by Gasteiger charge is -1.98. The lowest BCUT2D eigenvalue weighted by Crippen LogP contribution is -2.28. The van der Waals surface area contributed by atoms with E-state index < -0.39 is 17.1 Å². The number of hydrogen-bond donors (Lipinski definition) is 2. The molecule has 0 aliphatic rings. The van der Waals surface area contributed by atoms with Crippen LogP contribution in [-0.2, 0) is 4.74 Å². The zero-order chi connectivity index (χ0) is 12.6. The first kappa shape index (κ1) is 11.6. The van der Waals surface area contributed by atoms with Crippen LogP contribution in [0.1, 0.15) is 22.2 Å². The van der Waals surface area contributed by atoms with Crippen molar-refractivity contribution in [3.8, 4) is 0 Å². The van der Waals surface area contributed by atoms with Crippen molar-refractivity contribution in [1.29, 1.82) is 0 Å². The van der Waals surface area contributed by atoms with Gasteiger partial charge < -0.3 is 14.7 Å². The first-order valence-corrected chi connectivity index (χ1v) is 5.79. The fourth-order valence-electron chi connectivity index (χ4n) is 1.47. The zero-order valence-corrected chi connectivity index (χ0v) is 10.1. The minimum Gasteiger partial charge on any atom is -0.462 e. The minimum atomic E-state index is -0.728. The number of aryl methyl sites for hydroxylation is 1. The molecule has 0 saturated heterocycles. The molecule has 0 amide bonds. The molecule has 90 valence electrons. The predicted molar refractivity (Wildman–Crippen MR) is 63.8 cm³/mol. The Hall–Kier alpha value is -1.89. The molecule has 2 aromatic rings. The number of carbonyl (C=O) groups is 1. The number of aromatic amines is 2. The summed E-state index contributed by atoms with van der Waals surface area (Å²) < 4.78 is 4.89. The van der Waals surface area contributed by atoms with Crippen molar-refractivity contribution in [2.24, 2.45) is 0 Å². The van der Waals surface area contributed by atoms with Crippen molar-refractivity contribution in [2.45, 2.75) is 13.8 Å². The highest BCUT2D eigenvalue weighted by molar-refractivity contribution is 7.20. The van der Waals surface area contributed by atoms with E-state index in [-0.39, 0.29) is 6.61 Å². The van der Waals surface area contributed by atoms with Gasteiger partial charge in [-0.1, -0.05) is 0 Å². The second kappa shape index (κ2) is 4.17. The maximum atomic E-state index is 11.6. The SMILES string of the molecule is CCOC(=O)c1sc2[nH]c(=O)c(=O)[nH]c2c1C. The molecule has 0 bridgehead atoms. The summed E-state index contributed by atoms with van der Waals surface area (Å²) in [4.78, 5) is 39.7. The number of aromatic nitrogens is 2. The standard InChI is InChI=1S/C10H10N2O4S/c1-3-16-10(15)6-4(2)5-9(17-6)12-8(14)7(13)11-5/h3H2,1-2H3,(H,11,13)(H,12,14). The van der Waals surface area contributed by atoms with E-state index in [1.165, 1.54) is 0 Å². The molecule has 0 atom stereocenters. The Labute approximate surface area is 99.3 Å². The van der Waals surface area contributed by atoms with E-state index in [9.17, 15) is 14.4 Å².